The molecule has 3 aromatic rings. The van der Waals surface area contributed by atoms with Gasteiger partial charge < -0.3 is 16.4 Å². The molecule has 4 N–H and O–H groups in total. The number of nitrogens with one attached hydrogen (secondary N) is 2. The van der Waals surface area contributed by atoms with Gasteiger partial charge in [-0.3, -0.25) is 10.1 Å². The van der Waals surface area contributed by atoms with Crippen molar-refractivity contribution in [3.05, 3.63) is 79.8 Å². The average molecular weight is 419 g/mol. The molecule has 0 unspecified atom stereocenters. The number of nitrogens with two attached hydrogens (primary N) is 1. The topological polar surface area (TPSA) is 119 Å². The summed E-state index contributed by atoms with van der Waals surface area (Å²) in [5, 5.41) is 18.6. The summed E-state index contributed by atoms with van der Waals surface area (Å²) in [6.45, 7) is 0.718. The zero-order valence-electron chi connectivity index (χ0n) is 14.5. The summed E-state index contributed by atoms with van der Waals surface area (Å²) in [6.07, 6.45) is 0. The van der Waals surface area contributed by atoms with Crippen molar-refractivity contribution in [2.75, 3.05) is 16.4 Å². The Hall–Kier alpha value is -3.10. The Bertz CT molecular complexity index is 981. The Labute approximate surface area is 170 Å². The molecule has 0 fully saturated rings. The molecule has 0 aliphatic carbocycles. The molecule has 8 nitrogen and oxygen atoms in total. The van der Waals surface area contributed by atoms with Crippen LogP contribution in [0.15, 0.2) is 48.5 Å². The number of aromatic nitrogens is 2. The van der Waals surface area contributed by atoms with E-state index in [1.54, 1.807) is 24.3 Å². The largest absolute Gasteiger partial charge is 0.378 e. The number of benzene rings is 2. The number of hydrogen-bond donors (Lipinski definition) is 3. The summed E-state index contributed by atoms with van der Waals surface area (Å²) in [4.78, 5) is 19.0. The Kier molecular flexibility index (Phi) is 6.13. The monoisotopic (exact) mass is 418 g/mol. The minimum absolute atomic E-state index is 0.0334. The number of halogens is 2. The van der Waals surface area contributed by atoms with Crippen molar-refractivity contribution in [3.8, 4) is 0 Å². The Morgan fingerprint density at radius 1 is 0.893 bits per heavy atom. The zero-order valence-corrected chi connectivity index (χ0v) is 16.0. The van der Waals surface area contributed by atoms with Crippen LogP contribution in [0.4, 0.5) is 23.3 Å². The number of hydrogen-bond acceptors (Lipinski definition) is 7. The van der Waals surface area contributed by atoms with E-state index in [0.29, 0.717) is 23.1 Å². The van der Waals surface area contributed by atoms with Crippen molar-refractivity contribution >= 4 is 46.5 Å². The average Bonchev–Trinajstić information content (AvgIpc) is 2.66. The van der Waals surface area contributed by atoms with Gasteiger partial charge in [0.1, 0.15) is 0 Å². The molecule has 0 radical (unpaired) electrons. The Morgan fingerprint density at radius 3 is 1.89 bits per heavy atom. The second kappa shape index (κ2) is 8.73. The van der Waals surface area contributed by atoms with Crippen LogP contribution in [0.5, 0.6) is 0 Å². The van der Waals surface area contributed by atoms with Gasteiger partial charge in [-0.25, -0.2) is 0 Å². The molecule has 1 heterocycles. The standard InChI is InChI=1S/C18H16Cl2N6O2/c19-13-5-1-11(2-6-13)9-22-17-15(26(27)28)16(21)24-18(25-17)23-10-12-3-7-14(20)8-4-12/h1-8H,9-10H2,(H4,21,22,23,24,25). The molecule has 0 aliphatic heterocycles. The lowest BCUT2D eigenvalue weighted by atomic mass is 10.2. The highest BCUT2D eigenvalue weighted by Crippen LogP contribution is 2.29. The van der Waals surface area contributed by atoms with Crippen LogP contribution in [0, 0.1) is 10.1 Å². The van der Waals surface area contributed by atoms with E-state index in [2.05, 4.69) is 20.6 Å². The summed E-state index contributed by atoms with van der Waals surface area (Å²) < 4.78 is 0. The highest BCUT2D eigenvalue weighted by molar-refractivity contribution is 6.30. The number of nitrogen functional groups attached to an aromatic ring is 1. The van der Waals surface area contributed by atoms with Crippen molar-refractivity contribution in [1.82, 2.24) is 9.97 Å². The zero-order chi connectivity index (χ0) is 20.1. The lowest BCUT2D eigenvalue weighted by Gasteiger charge is -2.11. The highest BCUT2D eigenvalue weighted by atomic mass is 35.5. The van der Waals surface area contributed by atoms with E-state index in [1.807, 2.05) is 24.3 Å². The van der Waals surface area contributed by atoms with Crippen LogP contribution in [0.1, 0.15) is 11.1 Å². The number of nitro groups is 1. The summed E-state index contributed by atoms with van der Waals surface area (Å²) in [6, 6.07) is 14.3. The minimum atomic E-state index is -0.609. The molecule has 0 saturated heterocycles. The van der Waals surface area contributed by atoms with Gasteiger partial charge in [0, 0.05) is 23.1 Å². The van der Waals surface area contributed by atoms with E-state index in [4.69, 9.17) is 28.9 Å². The van der Waals surface area contributed by atoms with Gasteiger partial charge in [-0.1, -0.05) is 47.5 Å². The molecule has 0 atom stereocenters. The second-order valence-electron chi connectivity index (χ2n) is 5.85. The Balaban J connectivity index is 1.79. The first-order chi connectivity index (χ1) is 13.4. The molecule has 0 bridgehead atoms. The normalized spacial score (nSPS) is 10.5. The first-order valence-electron chi connectivity index (χ1n) is 8.21. The fraction of sp³-hybridized carbons (Fsp3) is 0.111. The molecule has 3 rings (SSSR count). The van der Waals surface area contributed by atoms with Crippen LogP contribution in [0.2, 0.25) is 10.0 Å². The molecule has 144 valence electrons. The van der Waals surface area contributed by atoms with Gasteiger partial charge in [-0.2, -0.15) is 9.97 Å². The number of rotatable bonds is 7. The third kappa shape index (κ3) is 4.99. The maximum absolute atomic E-state index is 11.4. The SMILES string of the molecule is Nc1nc(NCc2ccc(Cl)cc2)nc(NCc2ccc(Cl)cc2)c1[N+](=O)[O-]. The van der Waals surface area contributed by atoms with Crippen molar-refractivity contribution in [2.24, 2.45) is 0 Å². The molecular formula is C18H16Cl2N6O2. The van der Waals surface area contributed by atoms with Crippen molar-refractivity contribution in [1.29, 1.82) is 0 Å². The van der Waals surface area contributed by atoms with Crippen molar-refractivity contribution in [3.63, 3.8) is 0 Å². The second-order valence-corrected chi connectivity index (χ2v) is 6.72. The lowest BCUT2D eigenvalue weighted by molar-refractivity contribution is -0.383. The summed E-state index contributed by atoms with van der Waals surface area (Å²) in [5.41, 5.74) is 7.25. The number of nitrogens with zero attached hydrogens (tertiary/aromatic N) is 3. The van der Waals surface area contributed by atoms with Crippen molar-refractivity contribution < 1.29 is 4.92 Å². The third-order valence-corrected chi connectivity index (χ3v) is 4.33. The van der Waals surface area contributed by atoms with Crippen LogP contribution in [0.25, 0.3) is 0 Å². The molecule has 0 spiro atoms. The van der Waals surface area contributed by atoms with E-state index < -0.39 is 4.92 Å². The first-order valence-corrected chi connectivity index (χ1v) is 8.96. The predicted octanol–water partition coefficient (Wildman–Crippen LogP) is 4.50. The fourth-order valence-corrected chi connectivity index (χ4v) is 2.68. The maximum atomic E-state index is 11.4. The van der Waals surface area contributed by atoms with E-state index in [9.17, 15) is 10.1 Å². The van der Waals surface area contributed by atoms with Gasteiger partial charge in [0.25, 0.3) is 0 Å². The van der Waals surface area contributed by atoms with Gasteiger partial charge in [0.05, 0.1) is 4.92 Å². The first kappa shape index (κ1) is 19.7. The van der Waals surface area contributed by atoms with Gasteiger partial charge in [0.2, 0.25) is 17.6 Å². The van der Waals surface area contributed by atoms with Crippen LogP contribution >= 0.6 is 23.2 Å². The third-order valence-electron chi connectivity index (χ3n) is 3.83. The molecule has 10 heteroatoms. The number of anilines is 3. The van der Waals surface area contributed by atoms with Gasteiger partial charge in [-0.05, 0) is 35.4 Å². The molecule has 1 aromatic heterocycles. The lowest BCUT2D eigenvalue weighted by Crippen LogP contribution is -2.12. The van der Waals surface area contributed by atoms with E-state index in [1.165, 1.54) is 0 Å². The summed E-state index contributed by atoms with van der Waals surface area (Å²) in [5.74, 6) is -0.0140. The summed E-state index contributed by atoms with van der Waals surface area (Å²) in [7, 11) is 0. The van der Waals surface area contributed by atoms with Crippen LogP contribution < -0.4 is 16.4 Å². The van der Waals surface area contributed by atoms with Gasteiger partial charge in [-0.15, -0.1) is 0 Å². The van der Waals surface area contributed by atoms with Crippen LogP contribution in [0.3, 0.4) is 0 Å². The van der Waals surface area contributed by atoms with Crippen LogP contribution in [-0.4, -0.2) is 14.9 Å². The van der Waals surface area contributed by atoms with E-state index in [-0.39, 0.29) is 23.3 Å². The highest BCUT2D eigenvalue weighted by Gasteiger charge is 2.23. The summed E-state index contributed by atoms with van der Waals surface area (Å²) >= 11 is 11.7. The molecule has 0 aliphatic rings. The quantitative estimate of drug-likeness (QED) is 0.381. The van der Waals surface area contributed by atoms with Gasteiger partial charge >= 0.3 is 5.69 Å². The van der Waals surface area contributed by atoms with E-state index >= 15 is 0 Å². The predicted molar refractivity (Wildman–Crippen MR) is 111 cm³/mol. The molecule has 28 heavy (non-hydrogen) atoms. The Morgan fingerprint density at radius 2 is 1.39 bits per heavy atom. The molecule has 2 aromatic carbocycles. The van der Waals surface area contributed by atoms with Crippen molar-refractivity contribution in [2.45, 2.75) is 13.1 Å². The maximum Gasteiger partial charge on any atom is 0.353 e. The fourth-order valence-electron chi connectivity index (χ4n) is 2.43. The molecule has 0 saturated carbocycles. The van der Waals surface area contributed by atoms with Crippen LogP contribution in [-0.2, 0) is 13.1 Å². The molecule has 0 amide bonds. The minimum Gasteiger partial charge on any atom is -0.378 e. The smallest absolute Gasteiger partial charge is 0.353 e. The van der Waals surface area contributed by atoms with Gasteiger partial charge in [0.15, 0.2) is 0 Å². The molecular weight excluding hydrogens is 403 g/mol. The van der Waals surface area contributed by atoms with E-state index in [0.717, 1.165) is 11.1 Å².